The second kappa shape index (κ2) is 6.39. The first-order chi connectivity index (χ1) is 10.7. The minimum absolute atomic E-state index is 0.162. The summed E-state index contributed by atoms with van der Waals surface area (Å²) in [5.74, 6) is -0.162. The van der Waals surface area contributed by atoms with Gasteiger partial charge in [0.15, 0.2) is 0 Å². The summed E-state index contributed by atoms with van der Waals surface area (Å²) in [4.78, 5) is 29.8. The van der Waals surface area contributed by atoms with E-state index in [1.165, 1.54) is 4.90 Å². The Morgan fingerprint density at radius 3 is 2.55 bits per heavy atom. The highest BCUT2D eigenvalue weighted by atomic mass is 16.2. The first kappa shape index (κ1) is 14.3. The van der Waals surface area contributed by atoms with Gasteiger partial charge in [-0.05, 0) is 17.7 Å². The summed E-state index contributed by atoms with van der Waals surface area (Å²) in [6, 6.07) is 14.5. The van der Waals surface area contributed by atoms with Crippen LogP contribution in [0.3, 0.4) is 0 Å². The Labute approximate surface area is 129 Å². The van der Waals surface area contributed by atoms with Crippen molar-refractivity contribution in [3.05, 3.63) is 66.0 Å². The molecule has 22 heavy (non-hydrogen) atoms. The molecule has 5 heteroatoms. The van der Waals surface area contributed by atoms with E-state index in [2.05, 4.69) is 10.3 Å². The number of aromatic nitrogens is 1. The number of carbonyl (C=O) groups is 2. The molecule has 1 fully saturated rings. The van der Waals surface area contributed by atoms with Crippen molar-refractivity contribution in [1.82, 2.24) is 15.2 Å². The smallest absolute Gasteiger partial charge is 0.324 e. The summed E-state index contributed by atoms with van der Waals surface area (Å²) in [7, 11) is 0. The van der Waals surface area contributed by atoms with Crippen LogP contribution in [-0.4, -0.2) is 34.4 Å². The van der Waals surface area contributed by atoms with Crippen LogP contribution in [0.15, 0.2) is 54.7 Å². The van der Waals surface area contributed by atoms with E-state index in [9.17, 15) is 9.59 Å². The van der Waals surface area contributed by atoms with Crippen LogP contribution < -0.4 is 5.32 Å². The Hall–Kier alpha value is -2.69. The molecule has 112 valence electrons. The van der Waals surface area contributed by atoms with E-state index in [1.54, 1.807) is 6.20 Å². The van der Waals surface area contributed by atoms with Gasteiger partial charge >= 0.3 is 6.03 Å². The molecule has 0 spiro atoms. The predicted molar refractivity (Wildman–Crippen MR) is 82.1 cm³/mol. The van der Waals surface area contributed by atoms with Gasteiger partial charge in [-0.1, -0.05) is 36.4 Å². The van der Waals surface area contributed by atoms with Gasteiger partial charge in [0.25, 0.3) is 5.91 Å². The van der Waals surface area contributed by atoms with E-state index in [4.69, 9.17) is 0 Å². The minimum atomic E-state index is -0.473. The van der Waals surface area contributed by atoms with Gasteiger partial charge in [-0.3, -0.25) is 14.7 Å². The molecule has 1 aliphatic heterocycles. The van der Waals surface area contributed by atoms with Gasteiger partial charge in [-0.25, -0.2) is 4.79 Å². The largest absolute Gasteiger partial charge is 0.325 e. The zero-order valence-corrected chi connectivity index (χ0v) is 12.1. The van der Waals surface area contributed by atoms with E-state index in [0.29, 0.717) is 19.4 Å². The van der Waals surface area contributed by atoms with Crippen LogP contribution in [0.2, 0.25) is 0 Å². The fourth-order valence-corrected chi connectivity index (χ4v) is 2.55. The molecule has 2 aromatic rings. The third kappa shape index (κ3) is 3.14. The summed E-state index contributed by atoms with van der Waals surface area (Å²) >= 11 is 0. The number of urea groups is 1. The number of carbonyl (C=O) groups excluding carboxylic acids is 2. The SMILES string of the molecule is O=C1NC(Cc2ccccc2)C(=O)N1CCc1ccccn1. The van der Waals surface area contributed by atoms with Crippen LogP contribution >= 0.6 is 0 Å². The Morgan fingerprint density at radius 2 is 1.82 bits per heavy atom. The van der Waals surface area contributed by atoms with Crippen molar-refractivity contribution in [3.63, 3.8) is 0 Å². The zero-order chi connectivity index (χ0) is 15.4. The monoisotopic (exact) mass is 295 g/mol. The average molecular weight is 295 g/mol. The van der Waals surface area contributed by atoms with E-state index in [0.717, 1.165) is 11.3 Å². The number of rotatable bonds is 5. The number of pyridine rings is 1. The Morgan fingerprint density at radius 1 is 1.05 bits per heavy atom. The molecule has 0 saturated carbocycles. The number of hydrogen-bond acceptors (Lipinski definition) is 3. The molecule has 0 radical (unpaired) electrons. The van der Waals surface area contributed by atoms with Crippen molar-refractivity contribution in [2.45, 2.75) is 18.9 Å². The van der Waals surface area contributed by atoms with Crippen LogP contribution in [0.5, 0.6) is 0 Å². The Kier molecular flexibility index (Phi) is 4.14. The molecule has 3 amide bonds. The average Bonchev–Trinajstić information content (AvgIpc) is 2.81. The molecule has 1 aromatic heterocycles. The lowest BCUT2D eigenvalue weighted by Crippen LogP contribution is -2.34. The highest BCUT2D eigenvalue weighted by Gasteiger charge is 2.37. The van der Waals surface area contributed by atoms with Gasteiger partial charge in [0.05, 0.1) is 0 Å². The van der Waals surface area contributed by atoms with Crippen molar-refractivity contribution >= 4 is 11.9 Å². The first-order valence-corrected chi connectivity index (χ1v) is 7.30. The number of imide groups is 1. The summed E-state index contributed by atoms with van der Waals surface area (Å²) in [5, 5.41) is 2.76. The van der Waals surface area contributed by atoms with Crippen molar-refractivity contribution < 1.29 is 9.59 Å². The number of benzene rings is 1. The number of nitrogens with one attached hydrogen (secondary N) is 1. The van der Waals surface area contributed by atoms with Crippen LogP contribution in [0.25, 0.3) is 0 Å². The van der Waals surface area contributed by atoms with Crippen LogP contribution in [0.4, 0.5) is 4.79 Å². The lowest BCUT2D eigenvalue weighted by molar-refractivity contribution is -0.127. The van der Waals surface area contributed by atoms with Crippen LogP contribution in [0.1, 0.15) is 11.3 Å². The maximum absolute atomic E-state index is 12.4. The molecule has 2 heterocycles. The quantitative estimate of drug-likeness (QED) is 0.855. The third-order valence-corrected chi connectivity index (χ3v) is 3.71. The van der Waals surface area contributed by atoms with E-state index < -0.39 is 6.04 Å². The summed E-state index contributed by atoms with van der Waals surface area (Å²) in [6.07, 6.45) is 2.79. The van der Waals surface area contributed by atoms with E-state index in [1.807, 2.05) is 48.5 Å². The van der Waals surface area contributed by atoms with E-state index >= 15 is 0 Å². The lowest BCUT2D eigenvalue weighted by atomic mass is 10.1. The molecular formula is C17H17N3O2. The molecule has 0 bridgehead atoms. The molecule has 3 rings (SSSR count). The van der Waals surface area contributed by atoms with Gasteiger partial charge in [0.2, 0.25) is 0 Å². The highest BCUT2D eigenvalue weighted by Crippen LogP contribution is 2.12. The fourth-order valence-electron chi connectivity index (χ4n) is 2.55. The molecule has 1 aliphatic rings. The van der Waals surface area contributed by atoms with Crippen LogP contribution in [-0.2, 0) is 17.6 Å². The number of amides is 3. The van der Waals surface area contributed by atoms with Crippen molar-refractivity contribution in [2.24, 2.45) is 0 Å². The standard InChI is InChI=1S/C17H17N3O2/c21-16-15(12-13-6-2-1-3-7-13)19-17(22)20(16)11-9-14-8-4-5-10-18-14/h1-8,10,15H,9,11-12H2,(H,19,22). The Balaban J connectivity index is 1.62. The fraction of sp³-hybridized carbons (Fsp3) is 0.235. The second-order valence-electron chi connectivity index (χ2n) is 5.25. The maximum Gasteiger partial charge on any atom is 0.324 e. The summed E-state index contributed by atoms with van der Waals surface area (Å²) in [6.45, 7) is 0.354. The molecule has 1 aromatic carbocycles. The van der Waals surface area contributed by atoms with Gasteiger partial charge in [0, 0.05) is 31.3 Å². The molecule has 5 nitrogen and oxygen atoms in total. The second-order valence-corrected chi connectivity index (χ2v) is 5.25. The molecule has 1 unspecified atom stereocenters. The molecule has 1 N–H and O–H groups in total. The van der Waals surface area contributed by atoms with E-state index in [-0.39, 0.29) is 11.9 Å². The van der Waals surface area contributed by atoms with Crippen molar-refractivity contribution in [1.29, 1.82) is 0 Å². The molecular weight excluding hydrogens is 278 g/mol. The normalized spacial score (nSPS) is 17.6. The zero-order valence-electron chi connectivity index (χ0n) is 12.1. The summed E-state index contributed by atoms with van der Waals surface area (Å²) in [5.41, 5.74) is 1.90. The highest BCUT2D eigenvalue weighted by molar-refractivity contribution is 6.04. The topological polar surface area (TPSA) is 62.3 Å². The van der Waals surface area contributed by atoms with Crippen LogP contribution in [0, 0.1) is 0 Å². The summed E-state index contributed by atoms with van der Waals surface area (Å²) < 4.78 is 0. The van der Waals surface area contributed by atoms with Gasteiger partial charge in [-0.15, -0.1) is 0 Å². The van der Waals surface area contributed by atoms with Gasteiger partial charge in [0.1, 0.15) is 6.04 Å². The molecule has 1 atom stereocenters. The minimum Gasteiger partial charge on any atom is -0.325 e. The van der Waals surface area contributed by atoms with Gasteiger partial charge in [-0.2, -0.15) is 0 Å². The Bertz CT molecular complexity index is 658. The van der Waals surface area contributed by atoms with Crippen molar-refractivity contribution in [3.8, 4) is 0 Å². The first-order valence-electron chi connectivity index (χ1n) is 7.30. The number of hydrogen-bond donors (Lipinski definition) is 1. The molecule has 1 saturated heterocycles. The van der Waals surface area contributed by atoms with Crippen molar-refractivity contribution in [2.75, 3.05) is 6.54 Å². The lowest BCUT2D eigenvalue weighted by Gasteiger charge is -2.12. The maximum atomic E-state index is 12.4. The van der Waals surface area contributed by atoms with Gasteiger partial charge < -0.3 is 5.32 Å². The number of nitrogens with zero attached hydrogens (tertiary/aromatic N) is 2. The third-order valence-electron chi connectivity index (χ3n) is 3.71. The predicted octanol–water partition coefficient (Wildman–Crippen LogP) is 1.79. The molecule has 0 aliphatic carbocycles.